The lowest BCUT2D eigenvalue weighted by atomic mass is 10.2. The number of nitrogens with zero attached hydrogens (tertiary/aromatic N) is 3. The number of halogens is 1. The first-order chi connectivity index (χ1) is 15.1. The number of benzene rings is 2. The zero-order valence-corrected chi connectivity index (χ0v) is 16.9. The van der Waals surface area contributed by atoms with Crippen LogP contribution in [0.1, 0.15) is 12.5 Å². The maximum absolute atomic E-state index is 13.3. The van der Waals surface area contributed by atoms with Gasteiger partial charge in [-0.15, -0.1) is 0 Å². The predicted octanol–water partition coefficient (Wildman–Crippen LogP) is 3.04. The molecule has 0 atom stereocenters. The van der Waals surface area contributed by atoms with Gasteiger partial charge in [-0.25, -0.2) is 18.7 Å². The van der Waals surface area contributed by atoms with Gasteiger partial charge in [0.15, 0.2) is 5.65 Å². The molecule has 0 fully saturated rings. The molecule has 158 valence electrons. The van der Waals surface area contributed by atoms with Crippen molar-refractivity contribution in [3.63, 3.8) is 0 Å². The number of nitrogens with one attached hydrogen (secondary N) is 1. The van der Waals surface area contributed by atoms with E-state index in [1.807, 2.05) is 31.2 Å². The van der Waals surface area contributed by atoms with Gasteiger partial charge in [0.25, 0.3) is 0 Å². The molecule has 0 saturated carbocycles. The van der Waals surface area contributed by atoms with Crippen LogP contribution in [0, 0.1) is 5.82 Å². The number of amides is 1. The van der Waals surface area contributed by atoms with Crippen LogP contribution < -0.4 is 15.7 Å². The molecule has 7 nitrogen and oxygen atoms in total. The van der Waals surface area contributed by atoms with Gasteiger partial charge in [-0.05, 0) is 61.0 Å². The minimum absolute atomic E-state index is 0.160. The van der Waals surface area contributed by atoms with Crippen LogP contribution in [-0.2, 0) is 17.9 Å². The number of pyridine rings is 1. The molecule has 2 aromatic carbocycles. The van der Waals surface area contributed by atoms with E-state index < -0.39 is 11.5 Å². The summed E-state index contributed by atoms with van der Waals surface area (Å²) in [6.07, 6.45) is 1.57. The van der Waals surface area contributed by atoms with E-state index in [0.717, 1.165) is 11.3 Å². The van der Waals surface area contributed by atoms with E-state index in [1.165, 1.54) is 33.4 Å². The fourth-order valence-corrected chi connectivity index (χ4v) is 3.33. The molecule has 0 aliphatic carbocycles. The Morgan fingerprint density at radius 1 is 1.10 bits per heavy atom. The summed E-state index contributed by atoms with van der Waals surface area (Å²) in [6.45, 7) is 2.67. The van der Waals surface area contributed by atoms with E-state index in [-0.39, 0.29) is 12.5 Å². The van der Waals surface area contributed by atoms with Crippen LogP contribution in [0.25, 0.3) is 16.9 Å². The first kappa shape index (κ1) is 20.3. The molecule has 8 heteroatoms. The summed E-state index contributed by atoms with van der Waals surface area (Å²) in [5.41, 5.74) is 1.89. The molecule has 0 aliphatic heterocycles. The van der Waals surface area contributed by atoms with Gasteiger partial charge in [0.05, 0.1) is 17.8 Å². The lowest BCUT2D eigenvalue weighted by Crippen LogP contribution is -2.32. The first-order valence-electron chi connectivity index (χ1n) is 9.87. The number of carbonyl (C=O) groups is 1. The smallest absolute Gasteiger partial charge is 0.335 e. The fraction of sp³-hybridized carbons (Fsp3) is 0.174. The van der Waals surface area contributed by atoms with Gasteiger partial charge < -0.3 is 10.1 Å². The van der Waals surface area contributed by atoms with Gasteiger partial charge in [-0.1, -0.05) is 12.1 Å². The molecule has 2 aromatic heterocycles. The Morgan fingerprint density at radius 3 is 2.55 bits per heavy atom. The second kappa shape index (κ2) is 8.83. The van der Waals surface area contributed by atoms with Crippen molar-refractivity contribution in [3.8, 4) is 11.4 Å². The average molecular weight is 420 g/mol. The fourth-order valence-electron chi connectivity index (χ4n) is 3.33. The molecule has 2 heterocycles. The van der Waals surface area contributed by atoms with Crippen LogP contribution in [0.5, 0.6) is 5.75 Å². The molecule has 1 amide bonds. The molecule has 0 saturated heterocycles. The number of fused-ring (bicyclic) bond motifs is 1. The molecular formula is C23H21FN4O3. The van der Waals surface area contributed by atoms with Crippen LogP contribution in [0.15, 0.2) is 71.7 Å². The van der Waals surface area contributed by atoms with E-state index >= 15 is 0 Å². The Balaban J connectivity index is 1.55. The van der Waals surface area contributed by atoms with Crippen LogP contribution in [0.4, 0.5) is 4.39 Å². The third-order valence-electron chi connectivity index (χ3n) is 4.80. The maximum Gasteiger partial charge on any atom is 0.335 e. The van der Waals surface area contributed by atoms with E-state index in [0.29, 0.717) is 30.0 Å². The number of hydrogen-bond donors (Lipinski definition) is 1. The minimum atomic E-state index is -0.420. The minimum Gasteiger partial charge on any atom is -0.494 e. The highest BCUT2D eigenvalue weighted by Crippen LogP contribution is 2.16. The quantitative estimate of drug-likeness (QED) is 0.499. The van der Waals surface area contributed by atoms with Gasteiger partial charge in [0.1, 0.15) is 18.1 Å². The number of rotatable bonds is 7. The molecule has 0 spiro atoms. The summed E-state index contributed by atoms with van der Waals surface area (Å²) >= 11 is 0. The Morgan fingerprint density at radius 2 is 1.84 bits per heavy atom. The van der Waals surface area contributed by atoms with Gasteiger partial charge in [0, 0.05) is 12.7 Å². The summed E-state index contributed by atoms with van der Waals surface area (Å²) in [5, 5.41) is 2.83. The number of carbonyl (C=O) groups excluding carboxylic acids is 1. The third kappa shape index (κ3) is 4.32. The highest BCUT2D eigenvalue weighted by molar-refractivity contribution is 5.80. The highest BCUT2D eigenvalue weighted by Gasteiger charge is 2.17. The average Bonchev–Trinajstić information content (AvgIpc) is 3.06. The van der Waals surface area contributed by atoms with Crippen LogP contribution in [-0.4, -0.2) is 26.6 Å². The van der Waals surface area contributed by atoms with Crippen molar-refractivity contribution in [1.29, 1.82) is 0 Å². The topological polar surface area (TPSA) is 78.1 Å². The molecule has 0 unspecified atom stereocenters. The molecule has 0 radical (unpaired) electrons. The zero-order valence-electron chi connectivity index (χ0n) is 16.9. The zero-order chi connectivity index (χ0) is 21.8. The molecule has 0 aliphatic rings. The molecule has 4 aromatic rings. The lowest BCUT2D eigenvalue weighted by molar-refractivity contribution is -0.121. The van der Waals surface area contributed by atoms with E-state index in [9.17, 15) is 14.0 Å². The Kier molecular flexibility index (Phi) is 5.79. The Bertz CT molecular complexity index is 1260. The van der Waals surface area contributed by atoms with Crippen molar-refractivity contribution in [3.05, 3.63) is 88.7 Å². The van der Waals surface area contributed by atoms with Crippen molar-refractivity contribution in [1.82, 2.24) is 19.4 Å². The summed E-state index contributed by atoms with van der Waals surface area (Å²) in [5.74, 6) is 0.0605. The van der Waals surface area contributed by atoms with Gasteiger partial charge >= 0.3 is 5.69 Å². The number of aromatic nitrogens is 3. The molecule has 4 rings (SSSR count). The first-order valence-corrected chi connectivity index (χ1v) is 9.87. The van der Waals surface area contributed by atoms with Crippen molar-refractivity contribution in [2.45, 2.75) is 20.0 Å². The number of imidazole rings is 1. The van der Waals surface area contributed by atoms with Crippen molar-refractivity contribution in [2.24, 2.45) is 0 Å². The normalized spacial score (nSPS) is 10.9. The summed E-state index contributed by atoms with van der Waals surface area (Å²) < 4.78 is 21.5. The second-order valence-corrected chi connectivity index (χ2v) is 6.88. The number of hydrogen-bond acceptors (Lipinski definition) is 4. The van der Waals surface area contributed by atoms with Crippen LogP contribution >= 0.6 is 0 Å². The van der Waals surface area contributed by atoms with Gasteiger partial charge in [-0.2, -0.15) is 0 Å². The Hall–Kier alpha value is -3.94. The molecule has 31 heavy (non-hydrogen) atoms. The van der Waals surface area contributed by atoms with Crippen LogP contribution in [0.3, 0.4) is 0 Å². The van der Waals surface area contributed by atoms with Gasteiger partial charge in [0.2, 0.25) is 5.91 Å². The Labute approximate surface area is 177 Å². The largest absolute Gasteiger partial charge is 0.494 e. The monoisotopic (exact) mass is 420 g/mol. The summed E-state index contributed by atoms with van der Waals surface area (Å²) in [6, 6.07) is 16.4. The number of ether oxygens (including phenoxy) is 1. The van der Waals surface area contributed by atoms with E-state index in [1.54, 1.807) is 18.3 Å². The predicted molar refractivity (Wildman–Crippen MR) is 115 cm³/mol. The van der Waals surface area contributed by atoms with E-state index in [2.05, 4.69) is 10.3 Å². The van der Waals surface area contributed by atoms with E-state index in [4.69, 9.17) is 4.74 Å². The maximum atomic E-state index is 13.3. The SMILES string of the molecule is CCOc1ccc(CNC(=O)Cn2c(=O)n(-c3ccc(F)cc3)c3ncccc32)cc1. The second-order valence-electron chi connectivity index (χ2n) is 6.88. The van der Waals surface area contributed by atoms with Crippen molar-refractivity contribution < 1.29 is 13.9 Å². The standard InChI is InChI=1S/C23H21FN4O3/c1-2-31-19-11-5-16(6-12-19)14-26-21(29)15-27-20-4-3-13-25-22(20)28(23(27)30)18-9-7-17(24)8-10-18/h3-13H,2,14-15H2,1H3,(H,26,29). The molecule has 1 N–H and O–H groups in total. The third-order valence-corrected chi connectivity index (χ3v) is 4.80. The van der Waals surface area contributed by atoms with Crippen molar-refractivity contribution in [2.75, 3.05) is 6.61 Å². The van der Waals surface area contributed by atoms with Crippen LogP contribution in [0.2, 0.25) is 0 Å². The lowest BCUT2D eigenvalue weighted by Gasteiger charge is -2.08. The molecular weight excluding hydrogens is 399 g/mol. The summed E-state index contributed by atoms with van der Waals surface area (Å²) in [7, 11) is 0. The molecule has 0 bridgehead atoms. The van der Waals surface area contributed by atoms with Gasteiger partial charge in [-0.3, -0.25) is 9.36 Å². The summed E-state index contributed by atoms with van der Waals surface area (Å²) in [4.78, 5) is 29.9. The van der Waals surface area contributed by atoms with Crippen molar-refractivity contribution >= 4 is 17.1 Å². The highest BCUT2D eigenvalue weighted by atomic mass is 19.1.